The van der Waals surface area contributed by atoms with Crippen molar-refractivity contribution in [2.24, 2.45) is 10.9 Å². The first-order valence-electron chi connectivity index (χ1n) is 9.60. The Morgan fingerprint density at radius 1 is 1.19 bits per heavy atom. The number of nitrogens with one attached hydrogen (secondary N) is 3. The molecule has 1 amide bonds. The fourth-order valence-corrected chi connectivity index (χ4v) is 2.88. The molecule has 1 aliphatic rings. The Kier molecular flexibility index (Phi) is 7.91. The van der Waals surface area contributed by atoms with Gasteiger partial charge in [-0.05, 0) is 50.3 Å². The van der Waals surface area contributed by atoms with E-state index in [2.05, 4.69) is 20.9 Å². The predicted octanol–water partition coefficient (Wildman–Crippen LogP) is 2.64. The fourth-order valence-electron chi connectivity index (χ4n) is 2.88. The van der Waals surface area contributed by atoms with Gasteiger partial charge in [-0.15, -0.1) is 0 Å². The van der Waals surface area contributed by atoms with E-state index in [1.807, 2.05) is 45.0 Å². The predicted molar refractivity (Wildman–Crippen MR) is 106 cm³/mol. The summed E-state index contributed by atoms with van der Waals surface area (Å²) in [5, 5.41) is 19.3. The summed E-state index contributed by atoms with van der Waals surface area (Å²) in [6.45, 7) is 7.18. The van der Waals surface area contributed by atoms with Gasteiger partial charge in [0.25, 0.3) is 0 Å². The van der Waals surface area contributed by atoms with Crippen molar-refractivity contribution in [2.75, 3.05) is 11.9 Å². The van der Waals surface area contributed by atoms with Crippen LogP contribution in [0.3, 0.4) is 0 Å². The molecule has 1 aliphatic carbocycles. The van der Waals surface area contributed by atoms with Crippen molar-refractivity contribution in [1.29, 1.82) is 0 Å². The Morgan fingerprint density at radius 2 is 1.85 bits per heavy atom. The van der Waals surface area contributed by atoms with E-state index < -0.39 is 0 Å². The molecule has 0 aliphatic heterocycles. The van der Waals surface area contributed by atoms with E-state index in [4.69, 9.17) is 0 Å². The Balaban J connectivity index is 1.90. The molecule has 144 valence electrons. The Hall–Kier alpha value is -2.08. The van der Waals surface area contributed by atoms with Crippen molar-refractivity contribution >= 4 is 17.6 Å². The van der Waals surface area contributed by atoms with E-state index in [0.29, 0.717) is 12.6 Å². The van der Waals surface area contributed by atoms with Crippen LogP contribution >= 0.6 is 0 Å². The zero-order valence-electron chi connectivity index (χ0n) is 16.1. The maximum atomic E-state index is 11.7. The van der Waals surface area contributed by atoms with Gasteiger partial charge in [0.05, 0.1) is 12.6 Å². The quantitative estimate of drug-likeness (QED) is 0.464. The first-order chi connectivity index (χ1) is 12.5. The number of aliphatic hydroxyl groups is 1. The van der Waals surface area contributed by atoms with E-state index in [9.17, 15) is 9.90 Å². The summed E-state index contributed by atoms with van der Waals surface area (Å²) >= 11 is 0. The van der Waals surface area contributed by atoms with Crippen LogP contribution < -0.4 is 16.0 Å². The van der Waals surface area contributed by atoms with Gasteiger partial charge in [-0.1, -0.05) is 26.0 Å². The SMILES string of the molecule is CCNC(=NCc1ccc(NC(=O)C(C)C)cc1)NC1CCC(O)CC1. The van der Waals surface area contributed by atoms with Crippen LogP contribution in [-0.4, -0.2) is 35.7 Å². The number of anilines is 1. The van der Waals surface area contributed by atoms with Gasteiger partial charge in [-0.2, -0.15) is 0 Å². The number of aliphatic hydroxyl groups excluding tert-OH is 1. The fraction of sp³-hybridized carbons (Fsp3) is 0.600. The van der Waals surface area contributed by atoms with Crippen LogP contribution in [0.5, 0.6) is 0 Å². The lowest BCUT2D eigenvalue weighted by Crippen LogP contribution is -2.45. The second kappa shape index (κ2) is 10.2. The standard InChI is InChI=1S/C20H32N4O2/c1-4-21-20(24-17-9-11-18(25)12-10-17)22-13-15-5-7-16(8-6-15)23-19(26)14(2)3/h5-8,14,17-18,25H,4,9-13H2,1-3H3,(H,23,26)(H2,21,22,24). The molecule has 2 rings (SSSR count). The molecule has 0 radical (unpaired) electrons. The maximum Gasteiger partial charge on any atom is 0.226 e. The van der Waals surface area contributed by atoms with Crippen molar-refractivity contribution in [3.63, 3.8) is 0 Å². The summed E-state index contributed by atoms with van der Waals surface area (Å²) in [6, 6.07) is 8.16. The molecule has 0 aromatic heterocycles. The zero-order chi connectivity index (χ0) is 18.9. The van der Waals surface area contributed by atoms with Crippen LogP contribution in [0.1, 0.15) is 52.0 Å². The van der Waals surface area contributed by atoms with Crippen LogP contribution in [-0.2, 0) is 11.3 Å². The highest BCUT2D eigenvalue weighted by Crippen LogP contribution is 2.18. The summed E-state index contributed by atoms with van der Waals surface area (Å²) in [5.41, 5.74) is 1.89. The van der Waals surface area contributed by atoms with Crippen molar-refractivity contribution in [2.45, 2.75) is 65.1 Å². The molecule has 0 atom stereocenters. The number of aliphatic imine (C=N–C) groups is 1. The van der Waals surface area contributed by atoms with Crippen LogP contribution in [0.4, 0.5) is 5.69 Å². The Labute approximate surface area is 156 Å². The molecule has 6 nitrogen and oxygen atoms in total. The van der Waals surface area contributed by atoms with E-state index in [-0.39, 0.29) is 17.9 Å². The number of nitrogens with zero attached hydrogens (tertiary/aromatic N) is 1. The summed E-state index contributed by atoms with van der Waals surface area (Å²) in [6.07, 6.45) is 3.48. The third-order valence-corrected chi connectivity index (χ3v) is 4.55. The van der Waals surface area contributed by atoms with Crippen molar-refractivity contribution in [3.05, 3.63) is 29.8 Å². The largest absolute Gasteiger partial charge is 0.393 e. The topological polar surface area (TPSA) is 85.8 Å². The summed E-state index contributed by atoms with van der Waals surface area (Å²) in [7, 11) is 0. The monoisotopic (exact) mass is 360 g/mol. The van der Waals surface area contributed by atoms with Gasteiger partial charge >= 0.3 is 0 Å². The molecule has 0 heterocycles. The minimum Gasteiger partial charge on any atom is -0.393 e. The van der Waals surface area contributed by atoms with Crippen molar-refractivity contribution in [3.8, 4) is 0 Å². The summed E-state index contributed by atoms with van der Waals surface area (Å²) < 4.78 is 0. The second-order valence-electron chi connectivity index (χ2n) is 7.19. The molecular weight excluding hydrogens is 328 g/mol. The minimum atomic E-state index is -0.151. The number of rotatable bonds is 6. The third-order valence-electron chi connectivity index (χ3n) is 4.55. The average molecular weight is 361 g/mol. The van der Waals surface area contributed by atoms with Crippen molar-refractivity contribution in [1.82, 2.24) is 10.6 Å². The first kappa shape index (κ1) is 20.2. The molecule has 6 heteroatoms. The third kappa shape index (κ3) is 6.67. The lowest BCUT2D eigenvalue weighted by Gasteiger charge is -2.27. The van der Waals surface area contributed by atoms with Gasteiger partial charge in [-0.3, -0.25) is 4.79 Å². The van der Waals surface area contributed by atoms with Gasteiger partial charge in [0.2, 0.25) is 5.91 Å². The normalized spacial score (nSPS) is 20.7. The van der Waals surface area contributed by atoms with Gasteiger partial charge in [0.1, 0.15) is 0 Å². The lowest BCUT2D eigenvalue weighted by molar-refractivity contribution is -0.118. The highest BCUT2D eigenvalue weighted by molar-refractivity contribution is 5.92. The van der Waals surface area contributed by atoms with Crippen LogP contribution in [0, 0.1) is 5.92 Å². The second-order valence-corrected chi connectivity index (χ2v) is 7.19. The van der Waals surface area contributed by atoms with E-state index in [1.165, 1.54) is 0 Å². The van der Waals surface area contributed by atoms with E-state index in [0.717, 1.165) is 49.4 Å². The van der Waals surface area contributed by atoms with Crippen molar-refractivity contribution < 1.29 is 9.90 Å². The molecule has 0 unspecified atom stereocenters. The molecule has 4 N–H and O–H groups in total. The Bertz CT molecular complexity index is 590. The Morgan fingerprint density at radius 3 is 2.42 bits per heavy atom. The molecule has 1 aromatic rings. The lowest BCUT2D eigenvalue weighted by atomic mass is 9.93. The van der Waals surface area contributed by atoms with Crippen LogP contribution in [0.15, 0.2) is 29.3 Å². The molecule has 0 saturated heterocycles. The van der Waals surface area contributed by atoms with Gasteiger partial charge < -0.3 is 21.1 Å². The molecule has 0 bridgehead atoms. The molecule has 26 heavy (non-hydrogen) atoms. The summed E-state index contributed by atoms with van der Waals surface area (Å²) in [5.74, 6) is 0.798. The van der Waals surface area contributed by atoms with Crippen LogP contribution in [0.2, 0.25) is 0 Å². The maximum absolute atomic E-state index is 11.7. The minimum absolute atomic E-state index is 0.0204. The molecule has 1 fully saturated rings. The van der Waals surface area contributed by atoms with Crippen LogP contribution in [0.25, 0.3) is 0 Å². The first-order valence-corrected chi connectivity index (χ1v) is 9.60. The van der Waals surface area contributed by atoms with E-state index >= 15 is 0 Å². The van der Waals surface area contributed by atoms with Gasteiger partial charge in [-0.25, -0.2) is 4.99 Å². The van der Waals surface area contributed by atoms with E-state index in [1.54, 1.807) is 0 Å². The highest BCUT2D eigenvalue weighted by Gasteiger charge is 2.19. The average Bonchev–Trinajstić information content (AvgIpc) is 2.63. The van der Waals surface area contributed by atoms with Gasteiger partial charge in [0.15, 0.2) is 5.96 Å². The number of benzene rings is 1. The molecule has 1 aromatic carbocycles. The number of carbonyl (C=O) groups excluding carboxylic acids is 1. The van der Waals surface area contributed by atoms with Gasteiger partial charge in [0, 0.05) is 24.2 Å². The molecular formula is C20H32N4O2. The number of hydrogen-bond donors (Lipinski definition) is 4. The molecule has 1 saturated carbocycles. The number of guanidine groups is 1. The number of amides is 1. The number of hydrogen-bond acceptors (Lipinski definition) is 3. The number of carbonyl (C=O) groups is 1. The zero-order valence-corrected chi connectivity index (χ0v) is 16.1. The highest BCUT2D eigenvalue weighted by atomic mass is 16.3. The smallest absolute Gasteiger partial charge is 0.226 e. The molecule has 0 spiro atoms. The summed E-state index contributed by atoms with van der Waals surface area (Å²) in [4.78, 5) is 16.4.